The van der Waals surface area contributed by atoms with E-state index in [1.54, 1.807) is 18.1 Å². The summed E-state index contributed by atoms with van der Waals surface area (Å²) in [5.74, 6) is 0. The Morgan fingerprint density at radius 3 is 2.72 bits per heavy atom. The van der Waals surface area contributed by atoms with Crippen LogP contribution >= 0.6 is 0 Å². The minimum atomic E-state index is -0.687. The summed E-state index contributed by atoms with van der Waals surface area (Å²) < 4.78 is 1.73. The predicted molar refractivity (Wildman–Crippen MR) is 67.4 cm³/mol. The fraction of sp³-hybridized carbons (Fsp3) is 0.308. The third-order valence-electron chi connectivity index (χ3n) is 3.07. The first kappa shape index (κ1) is 12.3. The molecule has 1 unspecified atom stereocenters. The predicted octanol–water partition coefficient (Wildman–Crippen LogP) is 1.31. The van der Waals surface area contributed by atoms with Crippen LogP contribution in [0.1, 0.15) is 12.0 Å². The van der Waals surface area contributed by atoms with Crippen molar-refractivity contribution in [1.82, 2.24) is 20.1 Å². The summed E-state index contributed by atoms with van der Waals surface area (Å²) >= 11 is 0. The van der Waals surface area contributed by atoms with Gasteiger partial charge in [0.25, 0.3) is 0 Å². The molecule has 5 heteroatoms. The third kappa shape index (κ3) is 2.39. The Morgan fingerprint density at radius 1 is 1.39 bits per heavy atom. The van der Waals surface area contributed by atoms with Gasteiger partial charge in [-0.25, -0.2) is 4.98 Å². The molecule has 2 aromatic rings. The zero-order valence-corrected chi connectivity index (χ0v) is 10.2. The van der Waals surface area contributed by atoms with Gasteiger partial charge in [0.05, 0.1) is 6.07 Å². The van der Waals surface area contributed by atoms with Crippen molar-refractivity contribution < 1.29 is 0 Å². The molecule has 0 fully saturated rings. The van der Waals surface area contributed by atoms with Gasteiger partial charge in [-0.3, -0.25) is 10.00 Å². The summed E-state index contributed by atoms with van der Waals surface area (Å²) in [6.45, 7) is 0.642. The number of benzene rings is 1. The molecule has 0 amide bonds. The van der Waals surface area contributed by atoms with Crippen LogP contribution in [-0.2, 0) is 12.1 Å². The first-order valence-corrected chi connectivity index (χ1v) is 5.79. The van der Waals surface area contributed by atoms with Crippen LogP contribution in [0.15, 0.2) is 43.0 Å². The number of rotatable bonds is 5. The molecule has 0 saturated heterocycles. The highest BCUT2D eigenvalue weighted by molar-refractivity contribution is 5.30. The highest BCUT2D eigenvalue weighted by Gasteiger charge is 2.29. The van der Waals surface area contributed by atoms with Gasteiger partial charge in [-0.1, -0.05) is 30.3 Å². The second kappa shape index (κ2) is 5.43. The van der Waals surface area contributed by atoms with Crippen molar-refractivity contribution in [3.63, 3.8) is 0 Å². The summed E-state index contributed by atoms with van der Waals surface area (Å²) in [5, 5.41) is 16.7. The Hall–Kier alpha value is -2.19. The first-order valence-electron chi connectivity index (χ1n) is 5.79. The number of hydrogen-bond donors (Lipinski definition) is 1. The Morgan fingerprint density at radius 2 is 2.17 bits per heavy atom. The summed E-state index contributed by atoms with van der Waals surface area (Å²) in [5.41, 5.74) is 0.280. The van der Waals surface area contributed by atoms with Crippen molar-refractivity contribution in [2.24, 2.45) is 0 Å². The Bertz CT molecular complexity index is 514. The molecular weight excluding hydrogens is 226 g/mol. The van der Waals surface area contributed by atoms with Crippen molar-refractivity contribution in [3.8, 4) is 6.07 Å². The van der Waals surface area contributed by atoms with Crippen LogP contribution in [0.2, 0.25) is 0 Å². The molecule has 1 aromatic heterocycles. The molecule has 1 aromatic carbocycles. The number of nitriles is 1. The molecule has 1 atom stereocenters. The van der Waals surface area contributed by atoms with E-state index in [4.69, 9.17) is 0 Å². The molecular formula is C13H15N5. The summed E-state index contributed by atoms with van der Waals surface area (Å²) in [6, 6.07) is 12.1. The SMILES string of the molecule is CNC(C#N)(CCn1cncn1)c1ccccc1. The molecule has 0 aliphatic heterocycles. The van der Waals surface area contributed by atoms with E-state index in [0.717, 1.165) is 5.56 Å². The molecule has 0 aliphatic rings. The van der Waals surface area contributed by atoms with Crippen molar-refractivity contribution in [2.45, 2.75) is 18.5 Å². The van der Waals surface area contributed by atoms with Crippen molar-refractivity contribution in [3.05, 3.63) is 48.5 Å². The molecule has 0 saturated carbocycles. The fourth-order valence-electron chi connectivity index (χ4n) is 1.94. The van der Waals surface area contributed by atoms with Crippen molar-refractivity contribution in [1.29, 1.82) is 5.26 Å². The maximum Gasteiger partial charge on any atom is 0.137 e. The molecule has 5 nitrogen and oxygen atoms in total. The van der Waals surface area contributed by atoms with Crippen LogP contribution in [0.3, 0.4) is 0 Å². The van der Waals surface area contributed by atoms with Crippen molar-refractivity contribution in [2.75, 3.05) is 7.05 Å². The van der Waals surface area contributed by atoms with E-state index in [-0.39, 0.29) is 0 Å². The second-order valence-corrected chi connectivity index (χ2v) is 4.04. The quantitative estimate of drug-likeness (QED) is 0.857. The summed E-state index contributed by atoms with van der Waals surface area (Å²) in [6.07, 6.45) is 3.78. The van der Waals surface area contributed by atoms with Crippen LogP contribution in [0.4, 0.5) is 0 Å². The van der Waals surface area contributed by atoms with Gasteiger partial charge in [-0.2, -0.15) is 10.4 Å². The molecule has 92 valence electrons. The zero-order chi connectivity index (χ0) is 12.8. The lowest BCUT2D eigenvalue weighted by molar-refractivity contribution is 0.389. The number of nitrogens with one attached hydrogen (secondary N) is 1. The molecule has 0 spiro atoms. The summed E-state index contributed by atoms with van der Waals surface area (Å²) in [7, 11) is 1.80. The fourth-order valence-corrected chi connectivity index (χ4v) is 1.94. The monoisotopic (exact) mass is 241 g/mol. The lowest BCUT2D eigenvalue weighted by Gasteiger charge is -2.26. The van der Waals surface area contributed by atoms with E-state index in [2.05, 4.69) is 21.5 Å². The lowest BCUT2D eigenvalue weighted by atomic mass is 9.88. The minimum Gasteiger partial charge on any atom is -0.299 e. The highest BCUT2D eigenvalue weighted by Crippen LogP contribution is 2.24. The standard InChI is InChI=1S/C13H15N5/c1-15-13(9-14,12-5-3-2-4-6-12)7-8-18-11-16-10-17-18/h2-6,10-11,15H,7-8H2,1H3. The van der Waals surface area contributed by atoms with E-state index in [0.29, 0.717) is 13.0 Å². The lowest BCUT2D eigenvalue weighted by Crippen LogP contribution is -2.39. The maximum absolute atomic E-state index is 9.50. The Kier molecular flexibility index (Phi) is 3.70. The van der Waals surface area contributed by atoms with E-state index in [1.807, 2.05) is 30.3 Å². The number of aryl methyl sites for hydroxylation is 1. The van der Waals surface area contributed by atoms with Gasteiger partial charge in [0.1, 0.15) is 18.2 Å². The molecule has 0 bridgehead atoms. The van der Waals surface area contributed by atoms with Crippen LogP contribution in [0, 0.1) is 11.3 Å². The minimum absolute atomic E-state index is 0.632. The topological polar surface area (TPSA) is 66.5 Å². The normalized spacial score (nSPS) is 13.8. The van der Waals surface area contributed by atoms with E-state index in [9.17, 15) is 5.26 Å². The Labute approximate surface area is 106 Å². The smallest absolute Gasteiger partial charge is 0.137 e. The molecule has 2 rings (SSSR count). The van der Waals surface area contributed by atoms with Crippen LogP contribution in [0.25, 0.3) is 0 Å². The summed E-state index contributed by atoms with van der Waals surface area (Å²) in [4.78, 5) is 3.90. The van der Waals surface area contributed by atoms with Gasteiger partial charge in [-0.15, -0.1) is 0 Å². The highest BCUT2D eigenvalue weighted by atomic mass is 15.3. The molecule has 0 aliphatic carbocycles. The molecule has 18 heavy (non-hydrogen) atoms. The van der Waals surface area contributed by atoms with Crippen LogP contribution in [-0.4, -0.2) is 21.8 Å². The van der Waals surface area contributed by atoms with Gasteiger partial charge in [0.15, 0.2) is 0 Å². The first-order chi connectivity index (χ1) is 8.80. The van der Waals surface area contributed by atoms with E-state index in [1.165, 1.54) is 6.33 Å². The molecule has 1 N–H and O–H groups in total. The molecule has 1 heterocycles. The average Bonchev–Trinajstić information content (AvgIpc) is 2.95. The number of hydrogen-bond acceptors (Lipinski definition) is 4. The molecule has 0 radical (unpaired) electrons. The Balaban J connectivity index is 2.20. The van der Waals surface area contributed by atoms with E-state index >= 15 is 0 Å². The second-order valence-electron chi connectivity index (χ2n) is 4.04. The van der Waals surface area contributed by atoms with Gasteiger partial charge in [0, 0.05) is 13.0 Å². The van der Waals surface area contributed by atoms with Gasteiger partial charge in [-0.05, 0) is 12.6 Å². The maximum atomic E-state index is 9.50. The third-order valence-corrected chi connectivity index (χ3v) is 3.07. The number of aromatic nitrogens is 3. The van der Waals surface area contributed by atoms with Gasteiger partial charge >= 0.3 is 0 Å². The zero-order valence-electron chi connectivity index (χ0n) is 10.2. The van der Waals surface area contributed by atoms with Crippen molar-refractivity contribution >= 4 is 0 Å². The average molecular weight is 241 g/mol. The number of nitrogens with zero attached hydrogens (tertiary/aromatic N) is 4. The largest absolute Gasteiger partial charge is 0.299 e. The van der Waals surface area contributed by atoms with E-state index < -0.39 is 5.54 Å². The van der Waals surface area contributed by atoms with Gasteiger partial charge < -0.3 is 0 Å². The van der Waals surface area contributed by atoms with Crippen LogP contribution < -0.4 is 5.32 Å². The van der Waals surface area contributed by atoms with Gasteiger partial charge in [0.2, 0.25) is 0 Å². The van der Waals surface area contributed by atoms with Crippen LogP contribution in [0.5, 0.6) is 0 Å².